The third kappa shape index (κ3) is 9.65. The fraction of sp³-hybridized carbons (Fsp3) is 0.750. The molecule has 0 aromatic carbocycles. The zero-order chi connectivity index (χ0) is 18.2. The topological polar surface area (TPSA) is 113 Å². The average Bonchev–Trinajstić information content (AvgIpc) is 2.34. The van der Waals surface area contributed by atoms with E-state index in [1.807, 2.05) is 27.7 Å². The standard InChI is InChI=1S/C16H28N2O5/c1-9(2)6-12(17-14(20)8-11(5)19)15(21)18-13(16(22)23)7-10(3)4/h9-10,12-13H,6-8H2,1-5H3,(H,17,20)(H,18,21)(H,22,23)/t12-,13+/m1/s1. The summed E-state index contributed by atoms with van der Waals surface area (Å²) < 4.78 is 0. The van der Waals surface area contributed by atoms with Gasteiger partial charge in [0.25, 0.3) is 0 Å². The Kier molecular flexibility index (Phi) is 9.14. The first-order chi connectivity index (χ1) is 10.5. The van der Waals surface area contributed by atoms with Gasteiger partial charge in [-0.3, -0.25) is 14.4 Å². The highest BCUT2D eigenvalue weighted by molar-refractivity contribution is 5.99. The lowest BCUT2D eigenvalue weighted by Crippen LogP contribution is -2.52. The highest BCUT2D eigenvalue weighted by Gasteiger charge is 2.27. The largest absolute Gasteiger partial charge is 0.480 e. The van der Waals surface area contributed by atoms with E-state index in [-0.39, 0.29) is 24.0 Å². The molecule has 0 aliphatic heterocycles. The second kappa shape index (κ2) is 9.97. The maximum atomic E-state index is 12.3. The van der Waals surface area contributed by atoms with Crippen molar-refractivity contribution in [2.24, 2.45) is 11.8 Å². The Morgan fingerprint density at radius 2 is 1.35 bits per heavy atom. The van der Waals surface area contributed by atoms with Gasteiger partial charge in [0.15, 0.2) is 0 Å². The van der Waals surface area contributed by atoms with Gasteiger partial charge in [-0.05, 0) is 31.6 Å². The van der Waals surface area contributed by atoms with Crippen LogP contribution in [0.15, 0.2) is 0 Å². The van der Waals surface area contributed by atoms with Crippen LogP contribution in [0.1, 0.15) is 53.9 Å². The van der Waals surface area contributed by atoms with Crippen LogP contribution < -0.4 is 10.6 Å². The van der Waals surface area contributed by atoms with Gasteiger partial charge in [0.1, 0.15) is 17.9 Å². The van der Waals surface area contributed by atoms with E-state index in [0.717, 1.165) is 0 Å². The first-order valence-electron chi connectivity index (χ1n) is 7.84. The summed E-state index contributed by atoms with van der Waals surface area (Å²) in [5, 5.41) is 14.2. The van der Waals surface area contributed by atoms with Gasteiger partial charge >= 0.3 is 5.97 Å². The van der Waals surface area contributed by atoms with Crippen molar-refractivity contribution in [3.05, 3.63) is 0 Å². The van der Waals surface area contributed by atoms with Crippen molar-refractivity contribution in [3.63, 3.8) is 0 Å². The molecule has 2 atom stereocenters. The maximum Gasteiger partial charge on any atom is 0.326 e. The average molecular weight is 328 g/mol. The van der Waals surface area contributed by atoms with Crippen LogP contribution in [0.3, 0.4) is 0 Å². The molecule has 0 heterocycles. The van der Waals surface area contributed by atoms with Crippen molar-refractivity contribution in [1.82, 2.24) is 10.6 Å². The zero-order valence-corrected chi connectivity index (χ0v) is 14.5. The molecule has 0 rings (SSSR count). The van der Waals surface area contributed by atoms with Gasteiger partial charge in [-0.1, -0.05) is 27.7 Å². The molecule has 7 nitrogen and oxygen atoms in total. The Hall–Kier alpha value is -1.92. The molecule has 0 aliphatic rings. The fourth-order valence-corrected chi connectivity index (χ4v) is 2.14. The lowest BCUT2D eigenvalue weighted by atomic mass is 10.0. The van der Waals surface area contributed by atoms with Gasteiger partial charge in [0, 0.05) is 0 Å². The quantitative estimate of drug-likeness (QED) is 0.520. The summed E-state index contributed by atoms with van der Waals surface area (Å²) in [7, 11) is 0. The number of amides is 2. The Morgan fingerprint density at radius 1 is 0.870 bits per heavy atom. The van der Waals surface area contributed by atoms with Crippen LogP contribution >= 0.6 is 0 Å². The Labute approximate surface area is 137 Å². The van der Waals surface area contributed by atoms with Gasteiger partial charge < -0.3 is 15.7 Å². The number of rotatable bonds is 10. The number of Topliss-reactive ketones (excluding diaryl/α,β-unsaturated/α-hetero) is 1. The number of carboxylic acid groups (broad SMARTS) is 1. The molecule has 132 valence electrons. The molecule has 0 aliphatic carbocycles. The van der Waals surface area contributed by atoms with Crippen molar-refractivity contribution in [2.45, 2.75) is 66.0 Å². The van der Waals surface area contributed by atoms with Crippen LogP contribution in [0.5, 0.6) is 0 Å². The molecule has 0 saturated heterocycles. The molecular formula is C16H28N2O5. The SMILES string of the molecule is CC(=O)CC(=O)N[C@H](CC(C)C)C(=O)N[C@@H](CC(C)C)C(=O)O. The number of carboxylic acids is 1. The highest BCUT2D eigenvalue weighted by atomic mass is 16.4. The second-order valence-electron chi connectivity index (χ2n) is 6.66. The van der Waals surface area contributed by atoms with Crippen molar-refractivity contribution < 1.29 is 24.3 Å². The van der Waals surface area contributed by atoms with Crippen LogP contribution in [0, 0.1) is 11.8 Å². The summed E-state index contributed by atoms with van der Waals surface area (Å²) in [5.41, 5.74) is 0. The Balaban J connectivity index is 4.93. The van der Waals surface area contributed by atoms with Crippen LogP contribution in [0.25, 0.3) is 0 Å². The summed E-state index contributed by atoms with van der Waals surface area (Å²) in [6, 6.07) is -1.85. The zero-order valence-electron chi connectivity index (χ0n) is 14.5. The molecular weight excluding hydrogens is 300 g/mol. The normalized spacial score (nSPS) is 13.5. The predicted molar refractivity (Wildman–Crippen MR) is 85.7 cm³/mol. The lowest BCUT2D eigenvalue weighted by Gasteiger charge is -2.23. The lowest BCUT2D eigenvalue weighted by molar-refractivity contribution is -0.142. The molecule has 23 heavy (non-hydrogen) atoms. The molecule has 2 amide bonds. The van der Waals surface area contributed by atoms with Gasteiger partial charge in [-0.25, -0.2) is 4.79 Å². The predicted octanol–water partition coefficient (Wildman–Crippen LogP) is 1.11. The Bertz CT molecular complexity index is 446. The number of ketones is 1. The van der Waals surface area contributed by atoms with Crippen LogP contribution in [-0.4, -0.2) is 40.8 Å². The second-order valence-corrected chi connectivity index (χ2v) is 6.66. The number of carbonyl (C=O) groups excluding carboxylic acids is 3. The molecule has 0 fully saturated rings. The first kappa shape index (κ1) is 21.1. The van der Waals surface area contributed by atoms with E-state index in [1.54, 1.807) is 0 Å². The van der Waals surface area contributed by atoms with Crippen molar-refractivity contribution in [3.8, 4) is 0 Å². The minimum absolute atomic E-state index is 0.104. The van der Waals surface area contributed by atoms with E-state index in [1.165, 1.54) is 6.92 Å². The summed E-state index contributed by atoms with van der Waals surface area (Å²) in [5.74, 6) is -2.25. The minimum Gasteiger partial charge on any atom is -0.480 e. The molecule has 3 N–H and O–H groups in total. The summed E-state index contributed by atoms with van der Waals surface area (Å²) in [6.45, 7) is 8.80. The monoisotopic (exact) mass is 328 g/mol. The van der Waals surface area contributed by atoms with E-state index in [2.05, 4.69) is 10.6 Å². The van der Waals surface area contributed by atoms with E-state index in [4.69, 9.17) is 0 Å². The van der Waals surface area contributed by atoms with Crippen LogP contribution in [-0.2, 0) is 19.2 Å². The third-order valence-electron chi connectivity index (χ3n) is 3.09. The van der Waals surface area contributed by atoms with Crippen molar-refractivity contribution >= 4 is 23.6 Å². The molecule has 7 heteroatoms. The number of nitrogens with one attached hydrogen (secondary N) is 2. The molecule has 0 aromatic heterocycles. The molecule has 0 saturated carbocycles. The van der Waals surface area contributed by atoms with Crippen LogP contribution in [0.2, 0.25) is 0 Å². The summed E-state index contributed by atoms with van der Waals surface area (Å²) in [6.07, 6.45) is 0.372. The minimum atomic E-state index is -1.11. The molecule has 0 bridgehead atoms. The number of aliphatic carboxylic acids is 1. The van der Waals surface area contributed by atoms with Crippen LogP contribution in [0.4, 0.5) is 0 Å². The van der Waals surface area contributed by atoms with E-state index in [0.29, 0.717) is 12.8 Å². The van der Waals surface area contributed by atoms with Gasteiger partial charge in [-0.2, -0.15) is 0 Å². The number of hydrogen-bond acceptors (Lipinski definition) is 4. The van der Waals surface area contributed by atoms with E-state index < -0.39 is 29.9 Å². The third-order valence-corrected chi connectivity index (χ3v) is 3.09. The maximum absolute atomic E-state index is 12.3. The molecule has 0 unspecified atom stereocenters. The van der Waals surface area contributed by atoms with E-state index >= 15 is 0 Å². The number of hydrogen-bond donors (Lipinski definition) is 3. The number of carbonyl (C=O) groups is 4. The van der Waals surface area contributed by atoms with Gasteiger partial charge in [-0.15, -0.1) is 0 Å². The van der Waals surface area contributed by atoms with E-state index in [9.17, 15) is 24.3 Å². The molecule has 0 radical (unpaired) electrons. The molecule has 0 spiro atoms. The van der Waals surface area contributed by atoms with Gasteiger partial charge in [0.05, 0.1) is 6.42 Å². The van der Waals surface area contributed by atoms with Crippen molar-refractivity contribution in [2.75, 3.05) is 0 Å². The van der Waals surface area contributed by atoms with Crippen molar-refractivity contribution in [1.29, 1.82) is 0 Å². The Morgan fingerprint density at radius 3 is 1.74 bits per heavy atom. The smallest absolute Gasteiger partial charge is 0.326 e. The first-order valence-corrected chi connectivity index (χ1v) is 7.84. The highest BCUT2D eigenvalue weighted by Crippen LogP contribution is 2.09. The van der Waals surface area contributed by atoms with Gasteiger partial charge in [0.2, 0.25) is 11.8 Å². The molecule has 0 aromatic rings. The fourth-order valence-electron chi connectivity index (χ4n) is 2.14. The summed E-state index contributed by atoms with van der Waals surface area (Å²) in [4.78, 5) is 46.3. The summed E-state index contributed by atoms with van der Waals surface area (Å²) >= 11 is 0.